The van der Waals surface area contributed by atoms with Crippen LogP contribution in [0.1, 0.15) is 28.4 Å². The number of amides is 1. The van der Waals surface area contributed by atoms with Gasteiger partial charge in [-0.2, -0.15) is 8.78 Å². The first-order chi connectivity index (χ1) is 11.1. The Bertz CT molecular complexity index is 624. The minimum atomic E-state index is -2.82. The highest BCUT2D eigenvalue weighted by Gasteiger charge is 2.06. The van der Waals surface area contributed by atoms with Crippen molar-refractivity contribution in [1.29, 1.82) is 0 Å². The second-order valence-electron chi connectivity index (χ2n) is 5.08. The minimum Gasteiger partial charge on any atom is -0.435 e. The molecule has 0 saturated heterocycles. The zero-order chi connectivity index (χ0) is 16.7. The summed E-state index contributed by atoms with van der Waals surface area (Å²) in [7, 11) is 0. The third-order valence-electron chi connectivity index (χ3n) is 3.47. The molecule has 0 atom stereocenters. The fraction of sp³-hybridized carbons (Fsp3) is 0.278. The number of benzene rings is 2. The molecule has 0 aliphatic heterocycles. The van der Waals surface area contributed by atoms with Gasteiger partial charge < -0.3 is 10.1 Å². The lowest BCUT2D eigenvalue weighted by Gasteiger charge is -2.07. The Hall–Kier alpha value is -2.43. The zero-order valence-electron chi connectivity index (χ0n) is 12.9. The molecule has 0 aliphatic carbocycles. The lowest BCUT2D eigenvalue weighted by Crippen LogP contribution is -2.25. The Morgan fingerprint density at radius 3 is 2.22 bits per heavy atom. The number of rotatable bonds is 7. The van der Waals surface area contributed by atoms with Gasteiger partial charge in [0.15, 0.2) is 0 Å². The van der Waals surface area contributed by atoms with Crippen molar-refractivity contribution < 1.29 is 18.3 Å². The Morgan fingerprint density at radius 1 is 1.04 bits per heavy atom. The van der Waals surface area contributed by atoms with E-state index in [9.17, 15) is 13.6 Å². The minimum absolute atomic E-state index is 0.120. The van der Waals surface area contributed by atoms with Gasteiger partial charge in [-0.25, -0.2) is 0 Å². The first-order valence-corrected chi connectivity index (χ1v) is 7.49. The second kappa shape index (κ2) is 8.27. The van der Waals surface area contributed by atoms with Gasteiger partial charge in [-0.1, -0.05) is 31.2 Å². The summed E-state index contributed by atoms with van der Waals surface area (Å²) in [4.78, 5) is 12.0. The van der Waals surface area contributed by atoms with E-state index in [1.807, 2.05) is 24.3 Å². The summed E-state index contributed by atoms with van der Waals surface area (Å²) in [6.45, 7) is -0.282. The van der Waals surface area contributed by atoms with Crippen LogP contribution in [0.15, 0.2) is 48.5 Å². The van der Waals surface area contributed by atoms with E-state index < -0.39 is 6.61 Å². The summed E-state index contributed by atoms with van der Waals surface area (Å²) in [5.41, 5.74) is 2.75. The van der Waals surface area contributed by atoms with E-state index in [1.165, 1.54) is 17.7 Å². The van der Waals surface area contributed by atoms with Crippen LogP contribution < -0.4 is 10.1 Å². The van der Waals surface area contributed by atoms with Gasteiger partial charge in [0, 0.05) is 12.1 Å². The van der Waals surface area contributed by atoms with Gasteiger partial charge in [0.05, 0.1) is 0 Å². The standard InChI is InChI=1S/C18H19F2NO2/c1-2-13-3-7-15(8-4-13)17(22)21-12-11-14-5-9-16(10-6-14)23-18(19)20/h3-10,18H,2,11-12H2,1H3,(H,21,22). The predicted octanol–water partition coefficient (Wildman–Crippen LogP) is 3.82. The van der Waals surface area contributed by atoms with Crippen LogP contribution >= 0.6 is 0 Å². The Morgan fingerprint density at radius 2 is 1.65 bits per heavy atom. The van der Waals surface area contributed by atoms with Gasteiger partial charge in [0.2, 0.25) is 0 Å². The van der Waals surface area contributed by atoms with Crippen LogP contribution in [0.3, 0.4) is 0 Å². The van der Waals surface area contributed by atoms with Crippen LogP contribution in [0, 0.1) is 0 Å². The third kappa shape index (κ3) is 5.36. The molecule has 23 heavy (non-hydrogen) atoms. The zero-order valence-corrected chi connectivity index (χ0v) is 12.9. The molecule has 2 aromatic rings. The summed E-state index contributed by atoms with van der Waals surface area (Å²) < 4.78 is 28.4. The molecule has 0 bridgehead atoms. The molecule has 0 aliphatic rings. The number of alkyl halides is 2. The smallest absolute Gasteiger partial charge is 0.387 e. The maximum Gasteiger partial charge on any atom is 0.387 e. The molecule has 0 aromatic heterocycles. The van der Waals surface area contributed by atoms with Crippen LogP contribution in [0.25, 0.3) is 0 Å². The van der Waals surface area contributed by atoms with Crippen molar-refractivity contribution >= 4 is 5.91 Å². The normalized spacial score (nSPS) is 10.6. The quantitative estimate of drug-likeness (QED) is 0.842. The molecule has 0 saturated carbocycles. The average Bonchev–Trinajstić information content (AvgIpc) is 2.56. The third-order valence-corrected chi connectivity index (χ3v) is 3.47. The van der Waals surface area contributed by atoms with Crippen LogP contribution in [0.2, 0.25) is 0 Å². The fourth-order valence-electron chi connectivity index (χ4n) is 2.15. The van der Waals surface area contributed by atoms with E-state index in [0.717, 1.165) is 12.0 Å². The number of nitrogens with one attached hydrogen (secondary N) is 1. The van der Waals surface area contributed by atoms with E-state index in [2.05, 4.69) is 17.0 Å². The first kappa shape index (κ1) is 16.9. The number of ether oxygens (including phenoxy) is 1. The summed E-state index contributed by atoms with van der Waals surface area (Å²) in [5, 5.41) is 2.84. The van der Waals surface area contributed by atoms with Gasteiger partial charge in [-0.15, -0.1) is 0 Å². The largest absolute Gasteiger partial charge is 0.435 e. The molecule has 5 heteroatoms. The molecule has 1 N–H and O–H groups in total. The maximum atomic E-state index is 12.1. The summed E-state index contributed by atoms with van der Waals surface area (Å²) >= 11 is 0. The first-order valence-electron chi connectivity index (χ1n) is 7.49. The van der Waals surface area contributed by atoms with Gasteiger partial charge in [0.1, 0.15) is 5.75 Å². The van der Waals surface area contributed by atoms with E-state index in [4.69, 9.17) is 0 Å². The highest BCUT2D eigenvalue weighted by atomic mass is 19.3. The number of carbonyl (C=O) groups is 1. The summed E-state index contributed by atoms with van der Waals surface area (Å²) in [6, 6.07) is 13.9. The Kier molecular flexibility index (Phi) is 6.09. The molecule has 2 aromatic carbocycles. The van der Waals surface area contributed by atoms with E-state index in [0.29, 0.717) is 18.5 Å². The molecule has 122 valence electrons. The molecule has 0 radical (unpaired) electrons. The molecule has 0 unspecified atom stereocenters. The van der Waals surface area contributed by atoms with Crippen LogP contribution in [0.5, 0.6) is 5.75 Å². The van der Waals surface area contributed by atoms with Crippen molar-refractivity contribution in [1.82, 2.24) is 5.32 Å². The Balaban J connectivity index is 1.80. The lowest BCUT2D eigenvalue weighted by molar-refractivity contribution is -0.0498. The number of hydrogen-bond donors (Lipinski definition) is 1. The van der Waals surface area contributed by atoms with E-state index in [1.54, 1.807) is 12.1 Å². The average molecular weight is 319 g/mol. The lowest BCUT2D eigenvalue weighted by atomic mass is 10.1. The van der Waals surface area contributed by atoms with Crippen LogP contribution in [0.4, 0.5) is 8.78 Å². The second-order valence-corrected chi connectivity index (χ2v) is 5.08. The predicted molar refractivity (Wildman–Crippen MR) is 84.9 cm³/mol. The molecular weight excluding hydrogens is 300 g/mol. The highest BCUT2D eigenvalue weighted by Crippen LogP contribution is 2.15. The number of halogens is 2. The van der Waals surface area contributed by atoms with Crippen molar-refractivity contribution in [2.45, 2.75) is 26.4 Å². The van der Waals surface area contributed by atoms with Gasteiger partial charge >= 0.3 is 6.61 Å². The van der Waals surface area contributed by atoms with Crippen molar-refractivity contribution in [2.75, 3.05) is 6.54 Å². The van der Waals surface area contributed by atoms with Crippen molar-refractivity contribution in [3.63, 3.8) is 0 Å². The van der Waals surface area contributed by atoms with Gasteiger partial charge in [0.25, 0.3) is 5.91 Å². The molecule has 3 nitrogen and oxygen atoms in total. The van der Waals surface area contributed by atoms with Crippen molar-refractivity contribution in [3.8, 4) is 5.75 Å². The van der Waals surface area contributed by atoms with Gasteiger partial charge in [-0.05, 0) is 48.2 Å². The SMILES string of the molecule is CCc1ccc(C(=O)NCCc2ccc(OC(F)F)cc2)cc1. The number of hydrogen-bond acceptors (Lipinski definition) is 2. The summed E-state index contributed by atoms with van der Waals surface area (Å²) in [6.07, 6.45) is 1.56. The Labute approximate surface area is 134 Å². The monoisotopic (exact) mass is 319 g/mol. The summed E-state index contributed by atoms with van der Waals surface area (Å²) in [5.74, 6) is 0.00843. The molecule has 0 spiro atoms. The maximum absolute atomic E-state index is 12.1. The molecule has 2 rings (SSSR count). The molecule has 0 fully saturated rings. The topological polar surface area (TPSA) is 38.3 Å². The molecular formula is C18H19F2NO2. The van der Waals surface area contributed by atoms with Gasteiger partial charge in [-0.3, -0.25) is 4.79 Å². The fourth-order valence-corrected chi connectivity index (χ4v) is 2.15. The number of aryl methyl sites for hydroxylation is 1. The molecule has 0 heterocycles. The van der Waals surface area contributed by atoms with Crippen molar-refractivity contribution in [3.05, 3.63) is 65.2 Å². The van der Waals surface area contributed by atoms with Crippen LogP contribution in [-0.2, 0) is 12.8 Å². The van der Waals surface area contributed by atoms with Crippen LogP contribution in [-0.4, -0.2) is 19.1 Å². The molecule has 1 amide bonds. The number of carbonyl (C=O) groups excluding carboxylic acids is 1. The van der Waals surface area contributed by atoms with Crippen molar-refractivity contribution in [2.24, 2.45) is 0 Å². The van der Waals surface area contributed by atoms with E-state index in [-0.39, 0.29) is 11.7 Å². The van der Waals surface area contributed by atoms with E-state index >= 15 is 0 Å². The highest BCUT2D eigenvalue weighted by molar-refractivity contribution is 5.94.